The Morgan fingerprint density at radius 3 is 2.74 bits per heavy atom. The van der Waals surface area contributed by atoms with Crippen LogP contribution < -0.4 is 5.32 Å². The summed E-state index contributed by atoms with van der Waals surface area (Å²) in [5.74, 6) is 0. The topological polar surface area (TPSA) is 24.9 Å². The molecule has 2 aromatic rings. The van der Waals surface area contributed by atoms with E-state index >= 15 is 0 Å². The zero-order valence-electron chi connectivity index (χ0n) is 11.5. The molecular weight excluding hydrogens is 252 g/mol. The molecule has 19 heavy (non-hydrogen) atoms. The monoisotopic (exact) mass is 272 g/mol. The molecule has 0 radical (unpaired) electrons. The normalized spacial score (nSPS) is 19.8. The van der Waals surface area contributed by atoms with Gasteiger partial charge in [-0.1, -0.05) is 30.3 Å². The molecule has 1 fully saturated rings. The third-order valence-corrected chi connectivity index (χ3v) is 5.15. The van der Waals surface area contributed by atoms with E-state index in [1.54, 1.807) is 11.3 Å². The van der Waals surface area contributed by atoms with Gasteiger partial charge < -0.3 is 5.32 Å². The average molecular weight is 272 g/mol. The zero-order chi connectivity index (χ0) is 13.3. The van der Waals surface area contributed by atoms with Crippen LogP contribution in [0.25, 0.3) is 0 Å². The van der Waals surface area contributed by atoms with Gasteiger partial charge in [-0.15, -0.1) is 11.3 Å². The van der Waals surface area contributed by atoms with Gasteiger partial charge in [-0.3, -0.25) is 0 Å². The third-order valence-electron chi connectivity index (χ3n) is 3.97. The van der Waals surface area contributed by atoms with E-state index in [9.17, 15) is 0 Å². The SMILES string of the molecule is CC(C)(c1ccccc1)c1nc(C2CCCN2)cs1. The predicted octanol–water partition coefficient (Wildman–Crippen LogP) is 3.89. The van der Waals surface area contributed by atoms with Crippen molar-refractivity contribution in [1.82, 2.24) is 10.3 Å². The van der Waals surface area contributed by atoms with Crippen LogP contribution in [0, 0.1) is 0 Å². The molecule has 1 N–H and O–H groups in total. The molecule has 1 aromatic heterocycles. The van der Waals surface area contributed by atoms with Gasteiger partial charge in [0.15, 0.2) is 0 Å². The van der Waals surface area contributed by atoms with Crippen LogP contribution in [0.15, 0.2) is 35.7 Å². The van der Waals surface area contributed by atoms with E-state index in [0.29, 0.717) is 6.04 Å². The minimum atomic E-state index is -0.0111. The molecular formula is C16H20N2S. The molecule has 0 amide bonds. The number of benzene rings is 1. The molecule has 0 spiro atoms. The largest absolute Gasteiger partial charge is 0.309 e. The van der Waals surface area contributed by atoms with E-state index in [1.807, 2.05) is 0 Å². The van der Waals surface area contributed by atoms with Gasteiger partial charge in [0.2, 0.25) is 0 Å². The van der Waals surface area contributed by atoms with Gasteiger partial charge in [0.1, 0.15) is 5.01 Å². The van der Waals surface area contributed by atoms with Crippen LogP contribution in [-0.4, -0.2) is 11.5 Å². The van der Waals surface area contributed by atoms with Crippen LogP contribution in [-0.2, 0) is 5.41 Å². The summed E-state index contributed by atoms with van der Waals surface area (Å²) >= 11 is 1.79. The van der Waals surface area contributed by atoms with Gasteiger partial charge in [0.25, 0.3) is 0 Å². The fraction of sp³-hybridized carbons (Fsp3) is 0.438. The average Bonchev–Trinajstić information content (AvgIpc) is 3.10. The molecule has 1 unspecified atom stereocenters. The van der Waals surface area contributed by atoms with Crippen LogP contribution in [0.2, 0.25) is 0 Å². The third kappa shape index (κ3) is 2.45. The Labute approximate surface area is 118 Å². The Bertz CT molecular complexity index is 539. The second kappa shape index (κ2) is 5.06. The minimum absolute atomic E-state index is 0.0111. The first-order chi connectivity index (χ1) is 9.18. The highest BCUT2D eigenvalue weighted by Crippen LogP contribution is 2.35. The van der Waals surface area contributed by atoms with Crippen molar-refractivity contribution in [2.24, 2.45) is 0 Å². The van der Waals surface area contributed by atoms with Crippen LogP contribution in [0.5, 0.6) is 0 Å². The molecule has 1 aromatic carbocycles. The van der Waals surface area contributed by atoms with E-state index in [1.165, 1.54) is 29.1 Å². The maximum Gasteiger partial charge on any atom is 0.103 e. The van der Waals surface area contributed by atoms with E-state index in [-0.39, 0.29) is 5.41 Å². The summed E-state index contributed by atoms with van der Waals surface area (Å²) in [5.41, 5.74) is 2.54. The second-order valence-electron chi connectivity index (χ2n) is 5.72. The van der Waals surface area contributed by atoms with E-state index in [2.05, 4.69) is 54.9 Å². The van der Waals surface area contributed by atoms with E-state index in [0.717, 1.165) is 6.54 Å². The first kappa shape index (κ1) is 12.8. The van der Waals surface area contributed by atoms with Crippen molar-refractivity contribution in [3.63, 3.8) is 0 Å². The predicted molar refractivity (Wildman–Crippen MR) is 80.7 cm³/mol. The molecule has 100 valence electrons. The van der Waals surface area contributed by atoms with Gasteiger partial charge >= 0.3 is 0 Å². The number of hydrogen-bond donors (Lipinski definition) is 1. The molecule has 3 rings (SSSR count). The standard InChI is InChI=1S/C16H20N2S/c1-16(2,12-7-4-3-5-8-12)15-18-14(11-19-15)13-9-6-10-17-13/h3-5,7-8,11,13,17H,6,9-10H2,1-2H3. The van der Waals surface area contributed by atoms with Crippen LogP contribution >= 0.6 is 11.3 Å². The lowest BCUT2D eigenvalue weighted by atomic mass is 9.85. The van der Waals surface area contributed by atoms with Crippen LogP contribution in [0.3, 0.4) is 0 Å². The van der Waals surface area contributed by atoms with Gasteiger partial charge in [-0.2, -0.15) is 0 Å². The Balaban J connectivity index is 1.89. The van der Waals surface area contributed by atoms with Crippen molar-refractivity contribution in [1.29, 1.82) is 0 Å². The quantitative estimate of drug-likeness (QED) is 0.917. The number of nitrogens with zero attached hydrogens (tertiary/aromatic N) is 1. The Morgan fingerprint density at radius 1 is 1.26 bits per heavy atom. The number of thiazole rings is 1. The Hall–Kier alpha value is -1.19. The Kier molecular flexibility index (Phi) is 3.42. The fourth-order valence-corrected chi connectivity index (χ4v) is 3.67. The van der Waals surface area contributed by atoms with Crippen molar-refractivity contribution in [2.45, 2.75) is 38.1 Å². The smallest absolute Gasteiger partial charge is 0.103 e. The summed E-state index contributed by atoms with van der Waals surface area (Å²) in [6, 6.07) is 11.1. The molecule has 1 aliphatic heterocycles. The summed E-state index contributed by atoms with van der Waals surface area (Å²) in [6.07, 6.45) is 2.48. The van der Waals surface area contributed by atoms with E-state index < -0.39 is 0 Å². The number of rotatable bonds is 3. The molecule has 3 heteroatoms. The summed E-state index contributed by atoms with van der Waals surface area (Å²) in [5, 5.41) is 6.96. The van der Waals surface area contributed by atoms with Gasteiger partial charge in [-0.05, 0) is 38.8 Å². The highest BCUT2D eigenvalue weighted by Gasteiger charge is 2.28. The van der Waals surface area contributed by atoms with Crippen LogP contribution in [0.4, 0.5) is 0 Å². The summed E-state index contributed by atoms with van der Waals surface area (Å²) in [6.45, 7) is 5.64. The zero-order valence-corrected chi connectivity index (χ0v) is 12.3. The molecule has 1 saturated heterocycles. The van der Waals surface area contributed by atoms with Crippen molar-refractivity contribution >= 4 is 11.3 Å². The van der Waals surface area contributed by atoms with Crippen LogP contribution in [0.1, 0.15) is 49.0 Å². The number of hydrogen-bond acceptors (Lipinski definition) is 3. The van der Waals surface area contributed by atoms with E-state index in [4.69, 9.17) is 4.98 Å². The molecule has 0 aliphatic carbocycles. The highest BCUT2D eigenvalue weighted by atomic mass is 32.1. The maximum absolute atomic E-state index is 4.90. The van der Waals surface area contributed by atoms with Crippen molar-refractivity contribution in [3.05, 3.63) is 52.0 Å². The number of aromatic nitrogens is 1. The fourth-order valence-electron chi connectivity index (χ4n) is 2.65. The lowest BCUT2D eigenvalue weighted by molar-refractivity contribution is 0.602. The highest BCUT2D eigenvalue weighted by molar-refractivity contribution is 7.09. The first-order valence-corrected chi connectivity index (χ1v) is 7.81. The lowest BCUT2D eigenvalue weighted by Crippen LogP contribution is -2.19. The first-order valence-electron chi connectivity index (χ1n) is 6.93. The summed E-state index contributed by atoms with van der Waals surface area (Å²) in [4.78, 5) is 4.90. The van der Waals surface area contributed by atoms with Crippen molar-refractivity contribution in [3.8, 4) is 0 Å². The molecule has 1 aliphatic rings. The molecule has 1 atom stereocenters. The Morgan fingerprint density at radius 2 is 2.05 bits per heavy atom. The van der Waals surface area contributed by atoms with Crippen molar-refractivity contribution < 1.29 is 0 Å². The lowest BCUT2D eigenvalue weighted by Gasteiger charge is -2.22. The minimum Gasteiger partial charge on any atom is -0.309 e. The van der Waals surface area contributed by atoms with Gasteiger partial charge in [0, 0.05) is 10.8 Å². The summed E-state index contributed by atoms with van der Waals surface area (Å²) < 4.78 is 0. The molecule has 0 bridgehead atoms. The summed E-state index contributed by atoms with van der Waals surface area (Å²) in [7, 11) is 0. The maximum atomic E-state index is 4.90. The molecule has 0 saturated carbocycles. The number of nitrogens with one attached hydrogen (secondary N) is 1. The van der Waals surface area contributed by atoms with Crippen molar-refractivity contribution in [2.75, 3.05) is 6.54 Å². The molecule has 2 heterocycles. The van der Waals surface area contributed by atoms with Gasteiger partial charge in [0.05, 0.1) is 11.7 Å². The molecule has 2 nitrogen and oxygen atoms in total. The van der Waals surface area contributed by atoms with Gasteiger partial charge in [-0.25, -0.2) is 4.98 Å². The second-order valence-corrected chi connectivity index (χ2v) is 6.58.